The van der Waals surface area contributed by atoms with Crippen molar-refractivity contribution in [2.24, 2.45) is 0 Å². The second kappa shape index (κ2) is 5.97. The van der Waals surface area contributed by atoms with Crippen LogP contribution in [0, 0.1) is 10.1 Å². The van der Waals surface area contributed by atoms with Gasteiger partial charge in [-0.05, 0) is 19.4 Å². The van der Waals surface area contributed by atoms with Crippen LogP contribution in [0.25, 0.3) is 0 Å². The number of carboxylic acid groups (broad SMARTS) is 1. The third-order valence-electron chi connectivity index (χ3n) is 2.33. The fraction of sp³-hybridized carbons (Fsp3) is 0.364. The highest BCUT2D eigenvalue weighted by atomic mass is 16.6. The lowest BCUT2D eigenvalue weighted by atomic mass is 10.1. The number of nitro benzene ring substituents is 1. The molecule has 0 aliphatic heterocycles. The number of aliphatic hydroxyl groups excluding tert-OH is 1. The highest BCUT2D eigenvalue weighted by Crippen LogP contribution is 2.28. The minimum atomic E-state index is -1.24. The van der Waals surface area contributed by atoms with Gasteiger partial charge in [0.1, 0.15) is 5.69 Å². The molecule has 3 N–H and O–H groups in total. The van der Waals surface area contributed by atoms with E-state index in [4.69, 9.17) is 10.2 Å². The lowest BCUT2D eigenvalue weighted by Crippen LogP contribution is -2.13. The molecule has 7 nitrogen and oxygen atoms in total. The Morgan fingerprint density at radius 3 is 2.72 bits per heavy atom. The third kappa shape index (κ3) is 3.42. The normalized spacial score (nSPS) is 11.9. The van der Waals surface area contributed by atoms with Crippen molar-refractivity contribution in [2.45, 2.75) is 19.4 Å². The Balaban J connectivity index is 3.03. The van der Waals surface area contributed by atoms with Gasteiger partial charge in [-0.1, -0.05) is 6.07 Å². The topological polar surface area (TPSA) is 113 Å². The molecular weight excluding hydrogens is 240 g/mol. The SMILES string of the molecule is CC(O)CCNc1c(C(=O)O)cccc1[N+](=O)[O-]. The van der Waals surface area contributed by atoms with E-state index in [1.807, 2.05) is 0 Å². The molecule has 0 amide bonds. The highest BCUT2D eigenvalue weighted by molar-refractivity contribution is 5.96. The van der Waals surface area contributed by atoms with Gasteiger partial charge in [-0.3, -0.25) is 10.1 Å². The Morgan fingerprint density at radius 2 is 2.22 bits per heavy atom. The fourth-order valence-electron chi connectivity index (χ4n) is 1.46. The molecule has 0 aliphatic carbocycles. The summed E-state index contributed by atoms with van der Waals surface area (Å²) in [5.74, 6) is -1.24. The number of hydrogen-bond donors (Lipinski definition) is 3. The Kier molecular flexibility index (Phi) is 4.61. The first-order chi connectivity index (χ1) is 8.43. The lowest BCUT2D eigenvalue weighted by Gasteiger charge is -2.10. The molecule has 1 aromatic rings. The summed E-state index contributed by atoms with van der Waals surface area (Å²) < 4.78 is 0. The summed E-state index contributed by atoms with van der Waals surface area (Å²) in [7, 11) is 0. The number of nitrogens with one attached hydrogen (secondary N) is 1. The molecule has 0 spiro atoms. The zero-order valence-electron chi connectivity index (χ0n) is 9.79. The Hall–Kier alpha value is -2.15. The van der Waals surface area contributed by atoms with E-state index in [1.54, 1.807) is 6.92 Å². The molecule has 0 aromatic heterocycles. The number of rotatable bonds is 6. The second-order valence-electron chi connectivity index (χ2n) is 3.83. The molecule has 0 heterocycles. The first-order valence-electron chi connectivity index (χ1n) is 5.36. The maximum Gasteiger partial charge on any atom is 0.338 e. The van der Waals surface area contributed by atoms with Crippen LogP contribution < -0.4 is 5.32 Å². The van der Waals surface area contributed by atoms with Crippen molar-refractivity contribution in [3.05, 3.63) is 33.9 Å². The zero-order valence-corrected chi connectivity index (χ0v) is 9.79. The molecule has 1 aromatic carbocycles. The van der Waals surface area contributed by atoms with Gasteiger partial charge in [0, 0.05) is 12.6 Å². The molecule has 1 atom stereocenters. The molecule has 0 saturated carbocycles. The Labute approximate surface area is 103 Å². The monoisotopic (exact) mass is 254 g/mol. The van der Waals surface area contributed by atoms with Crippen LogP contribution >= 0.6 is 0 Å². The number of benzene rings is 1. The largest absolute Gasteiger partial charge is 0.478 e. The predicted molar refractivity (Wildman–Crippen MR) is 64.8 cm³/mol. The van der Waals surface area contributed by atoms with E-state index in [0.29, 0.717) is 6.42 Å². The maximum atomic E-state index is 11.0. The van der Waals surface area contributed by atoms with Crippen molar-refractivity contribution >= 4 is 17.3 Å². The van der Waals surface area contributed by atoms with E-state index in [2.05, 4.69) is 5.32 Å². The molecular formula is C11H14N2O5. The lowest BCUT2D eigenvalue weighted by molar-refractivity contribution is -0.384. The van der Waals surface area contributed by atoms with Gasteiger partial charge in [-0.2, -0.15) is 0 Å². The van der Waals surface area contributed by atoms with Gasteiger partial charge in [0.15, 0.2) is 0 Å². The molecule has 7 heteroatoms. The highest BCUT2D eigenvalue weighted by Gasteiger charge is 2.20. The maximum absolute atomic E-state index is 11.0. The summed E-state index contributed by atoms with van der Waals surface area (Å²) in [6.45, 7) is 1.84. The quantitative estimate of drug-likeness (QED) is 0.523. The van der Waals surface area contributed by atoms with Crippen LogP contribution in [0.15, 0.2) is 18.2 Å². The van der Waals surface area contributed by atoms with Gasteiger partial charge in [0.05, 0.1) is 16.6 Å². The van der Waals surface area contributed by atoms with Crippen LogP contribution in [-0.4, -0.2) is 33.8 Å². The van der Waals surface area contributed by atoms with E-state index in [1.165, 1.54) is 18.2 Å². The summed E-state index contributed by atoms with van der Waals surface area (Å²) in [6, 6.07) is 3.85. The van der Waals surface area contributed by atoms with Gasteiger partial charge in [0.2, 0.25) is 0 Å². The molecule has 0 radical (unpaired) electrons. The Morgan fingerprint density at radius 1 is 1.56 bits per heavy atom. The Bertz CT molecular complexity index is 426. The number of carboxylic acids is 1. The fourth-order valence-corrected chi connectivity index (χ4v) is 1.46. The predicted octanol–water partition coefficient (Wildman–Crippen LogP) is 1.48. The first-order valence-corrected chi connectivity index (χ1v) is 5.36. The molecule has 1 rings (SSSR count). The van der Waals surface area contributed by atoms with Gasteiger partial charge >= 0.3 is 5.97 Å². The second-order valence-corrected chi connectivity index (χ2v) is 3.83. The van der Waals surface area contributed by atoms with Crippen LogP contribution in [0.2, 0.25) is 0 Å². The van der Waals surface area contributed by atoms with E-state index in [-0.39, 0.29) is 23.5 Å². The van der Waals surface area contributed by atoms with Crippen molar-refractivity contribution in [1.82, 2.24) is 0 Å². The minimum absolute atomic E-state index is 0.0318. The van der Waals surface area contributed by atoms with Crippen LogP contribution in [0.5, 0.6) is 0 Å². The molecule has 18 heavy (non-hydrogen) atoms. The number of aliphatic hydroxyl groups is 1. The molecule has 0 aliphatic rings. The van der Waals surface area contributed by atoms with Crippen molar-refractivity contribution in [1.29, 1.82) is 0 Å². The van der Waals surface area contributed by atoms with E-state index in [9.17, 15) is 14.9 Å². The summed E-state index contributed by atoms with van der Waals surface area (Å²) in [6.07, 6.45) is -0.195. The first kappa shape index (κ1) is 13.9. The van der Waals surface area contributed by atoms with Crippen LogP contribution in [0.1, 0.15) is 23.7 Å². The van der Waals surface area contributed by atoms with E-state index < -0.39 is 17.0 Å². The molecule has 0 bridgehead atoms. The minimum Gasteiger partial charge on any atom is -0.478 e. The number of para-hydroxylation sites is 1. The summed E-state index contributed by atoms with van der Waals surface area (Å²) >= 11 is 0. The smallest absolute Gasteiger partial charge is 0.338 e. The number of anilines is 1. The zero-order chi connectivity index (χ0) is 13.7. The van der Waals surface area contributed by atoms with Crippen molar-refractivity contribution in [2.75, 3.05) is 11.9 Å². The third-order valence-corrected chi connectivity index (χ3v) is 2.33. The average Bonchev–Trinajstić information content (AvgIpc) is 2.28. The van der Waals surface area contributed by atoms with Crippen molar-refractivity contribution < 1.29 is 19.9 Å². The van der Waals surface area contributed by atoms with Gasteiger partial charge in [-0.25, -0.2) is 4.79 Å². The van der Waals surface area contributed by atoms with Gasteiger partial charge in [-0.15, -0.1) is 0 Å². The van der Waals surface area contributed by atoms with Gasteiger partial charge < -0.3 is 15.5 Å². The summed E-state index contributed by atoms with van der Waals surface area (Å²) in [4.78, 5) is 21.2. The standard InChI is InChI=1S/C11H14N2O5/c1-7(14)5-6-12-10-8(11(15)16)3-2-4-9(10)13(17)18/h2-4,7,12,14H,5-6H2,1H3,(H,15,16). The number of hydrogen-bond acceptors (Lipinski definition) is 5. The van der Waals surface area contributed by atoms with Crippen LogP contribution in [0.3, 0.4) is 0 Å². The molecule has 0 saturated heterocycles. The van der Waals surface area contributed by atoms with Crippen molar-refractivity contribution in [3.63, 3.8) is 0 Å². The number of aromatic carboxylic acids is 1. The average molecular weight is 254 g/mol. The summed E-state index contributed by atoms with van der Waals surface area (Å²) in [5.41, 5.74) is -0.481. The van der Waals surface area contributed by atoms with E-state index >= 15 is 0 Å². The number of nitrogens with zero attached hydrogens (tertiary/aromatic N) is 1. The molecule has 98 valence electrons. The van der Waals surface area contributed by atoms with Crippen molar-refractivity contribution in [3.8, 4) is 0 Å². The van der Waals surface area contributed by atoms with Gasteiger partial charge in [0.25, 0.3) is 5.69 Å². The van der Waals surface area contributed by atoms with E-state index in [0.717, 1.165) is 0 Å². The van der Waals surface area contributed by atoms with Crippen LogP contribution in [-0.2, 0) is 0 Å². The molecule has 0 fully saturated rings. The molecule has 1 unspecified atom stereocenters. The van der Waals surface area contributed by atoms with Crippen LogP contribution in [0.4, 0.5) is 11.4 Å². The summed E-state index contributed by atoms with van der Waals surface area (Å²) in [5, 5.41) is 31.6. The number of nitro groups is 1. The number of carbonyl (C=O) groups is 1.